The third-order valence-corrected chi connectivity index (χ3v) is 8.69. The summed E-state index contributed by atoms with van der Waals surface area (Å²) < 4.78 is 36.6. The Labute approximate surface area is 223 Å². The van der Waals surface area contributed by atoms with Crippen LogP contribution in [0.2, 0.25) is 0 Å². The summed E-state index contributed by atoms with van der Waals surface area (Å²) in [5, 5.41) is 23.3. The maximum atomic E-state index is 13.6. The molecule has 0 radical (unpaired) electrons. The van der Waals surface area contributed by atoms with Gasteiger partial charge in [0.15, 0.2) is 0 Å². The van der Waals surface area contributed by atoms with Crippen molar-refractivity contribution >= 4 is 33.2 Å². The van der Waals surface area contributed by atoms with Crippen molar-refractivity contribution < 1.29 is 27.2 Å². The van der Waals surface area contributed by atoms with E-state index in [2.05, 4.69) is 26.1 Å². The Hall–Kier alpha value is -3.25. The maximum absolute atomic E-state index is 13.6. The van der Waals surface area contributed by atoms with Crippen LogP contribution in [-0.4, -0.2) is 61.2 Å². The maximum Gasteiger partial charge on any atom is 0.335 e. The van der Waals surface area contributed by atoms with Gasteiger partial charge < -0.3 is 15.2 Å². The highest BCUT2D eigenvalue weighted by Crippen LogP contribution is 2.38. The molecule has 1 saturated carbocycles. The minimum Gasteiger partial charge on any atom is -0.390 e. The molecular weight excluding hydrogens is 530 g/mol. The van der Waals surface area contributed by atoms with E-state index in [-0.39, 0.29) is 30.0 Å². The van der Waals surface area contributed by atoms with Gasteiger partial charge in [-0.1, -0.05) is 24.3 Å². The number of fused-ring (bicyclic) bond motifs is 1. The summed E-state index contributed by atoms with van der Waals surface area (Å²) in [6.45, 7) is 0.514. The summed E-state index contributed by atoms with van der Waals surface area (Å²) in [4.78, 5) is 22.5. The fraction of sp³-hybridized carbons (Fsp3) is 0.360. The van der Waals surface area contributed by atoms with Crippen molar-refractivity contribution in [3.8, 4) is 6.07 Å². The zero-order valence-electron chi connectivity index (χ0n) is 20.3. The van der Waals surface area contributed by atoms with Crippen molar-refractivity contribution in [2.45, 2.75) is 43.6 Å². The van der Waals surface area contributed by atoms with E-state index in [1.165, 1.54) is 19.6 Å². The molecule has 0 spiro atoms. The summed E-state index contributed by atoms with van der Waals surface area (Å²) in [5.74, 6) is -0.124. The number of aromatic nitrogens is 2. The van der Waals surface area contributed by atoms with Crippen LogP contribution < -0.4 is 10.0 Å². The Balaban J connectivity index is 1.39. The number of rotatable bonds is 8. The molecule has 1 aliphatic heterocycles. The van der Waals surface area contributed by atoms with E-state index in [1.54, 1.807) is 6.07 Å². The topological polar surface area (TPSA) is 164 Å². The van der Waals surface area contributed by atoms with Crippen LogP contribution in [0, 0.1) is 11.3 Å². The minimum absolute atomic E-state index is 0.180. The lowest BCUT2D eigenvalue weighted by Crippen LogP contribution is -2.31. The Morgan fingerprint density at radius 1 is 1.29 bits per heavy atom. The van der Waals surface area contributed by atoms with Gasteiger partial charge >= 0.3 is 10.3 Å². The van der Waals surface area contributed by atoms with Crippen molar-refractivity contribution in [1.82, 2.24) is 14.7 Å². The van der Waals surface area contributed by atoms with Crippen molar-refractivity contribution in [3.63, 3.8) is 0 Å². The van der Waals surface area contributed by atoms with E-state index in [1.807, 2.05) is 24.3 Å². The number of aliphatic hydroxyl groups is 1. The smallest absolute Gasteiger partial charge is 0.335 e. The Bertz CT molecular complexity index is 1500. The van der Waals surface area contributed by atoms with Crippen molar-refractivity contribution in [2.24, 2.45) is 0 Å². The highest BCUT2D eigenvalue weighted by atomic mass is 32.2. The number of ketones is 1. The Kier molecular flexibility index (Phi) is 7.53. The van der Waals surface area contributed by atoms with Crippen LogP contribution in [0.15, 0.2) is 42.9 Å². The number of anilines is 1. The van der Waals surface area contributed by atoms with E-state index in [4.69, 9.17) is 8.92 Å². The zero-order valence-corrected chi connectivity index (χ0v) is 22.0. The molecule has 11 nitrogen and oxygen atoms in total. The highest BCUT2D eigenvalue weighted by Gasteiger charge is 2.37. The molecule has 2 aliphatic rings. The van der Waals surface area contributed by atoms with E-state index in [9.17, 15) is 23.6 Å². The van der Waals surface area contributed by atoms with Gasteiger partial charge in [0.1, 0.15) is 35.3 Å². The van der Waals surface area contributed by atoms with Crippen molar-refractivity contribution in [1.29, 1.82) is 5.26 Å². The molecular formula is C25H25N5O6S2. The average molecular weight is 556 g/mol. The van der Waals surface area contributed by atoms with Crippen LogP contribution >= 0.6 is 11.3 Å². The molecule has 1 aliphatic carbocycles. The van der Waals surface area contributed by atoms with Gasteiger partial charge in [0.25, 0.3) is 0 Å². The molecule has 3 aromatic rings. The second-order valence-electron chi connectivity index (χ2n) is 8.99. The number of ether oxygens (including phenoxy) is 1. The van der Waals surface area contributed by atoms with Gasteiger partial charge in [-0.3, -0.25) is 8.98 Å². The largest absolute Gasteiger partial charge is 0.390 e. The van der Waals surface area contributed by atoms with Gasteiger partial charge in [-0.05, 0) is 36.5 Å². The number of nitrogens with one attached hydrogen (secondary N) is 2. The molecule has 0 bridgehead atoms. The highest BCUT2D eigenvalue weighted by molar-refractivity contribution is 7.84. The number of hydrogen-bond donors (Lipinski definition) is 3. The lowest BCUT2D eigenvalue weighted by molar-refractivity contribution is 0.0636. The first-order valence-electron chi connectivity index (χ1n) is 11.9. The molecule has 0 amide bonds. The van der Waals surface area contributed by atoms with Crippen LogP contribution in [0.25, 0.3) is 0 Å². The first-order chi connectivity index (χ1) is 18.3. The number of thiophene rings is 1. The molecule has 198 valence electrons. The molecule has 1 fully saturated rings. The molecule has 4 atom stereocenters. The Morgan fingerprint density at radius 3 is 2.89 bits per heavy atom. The Morgan fingerprint density at radius 2 is 2.11 bits per heavy atom. The van der Waals surface area contributed by atoms with Gasteiger partial charge in [-0.25, -0.2) is 9.97 Å². The molecule has 38 heavy (non-hydrogen) atoms. The van der Waals surface area contributed by atoms with E-state index >= 15 is 0 Å². The summed E-state index contributed by atoms with van der Waals surface area (Å²) in [6.07, 6.45) is 1.43. The fourth-order valence-electron chi connectivity index (χ4n) is 4.80. The second kappa shape index (κ2) is 10.9. The summed E-state index contributed by atoms with van der Waals surface area (Å²) in [7, 11) is -2.75. The fourth-order valence-corrected chi connectivity index (χ4v) is 6.36. The van der Waals surface area contributed by atoms with Gasteiger partial charge in [0.05, 0.1) is 23.2 Å². The molecule has 5 rings (SSSR count). The van der Waals surface area contributed by atoms with Gasteiger partial charge in [0, 0.05) is 24.8 Å². The van der Waals surface area contributed by atoms with Crippen LogP contribution in [0.3, 0.4) is 0 Å². The van der Waals surface area contributed by atoms with Crippen molar-refractivity contribution in [3.05, 3.63) is 74.9 Å². The normalized spacial score (nSPS) is 23.0. The molecule has 0 unspecified atom stereocenters. The summed E-state index contributed by atoms with van der Waals surface area (Å²) >= 11 is 1.08. The quantitative estimate of drug-likeness (QED) is 0.351. The van der Waals surface area contributed by atoms with Crippen LogP contribution in [-0.2, 0) is 25.6 Å². The van der Waals surface area contributed by atoms with Crippen LogP contribution in [0.5, 0.6) is 0 Å². The monoisotopic (exact) mass is 555 g/mol. The first-order valence-corrected chi connectivity index (χ1v) is 14.2. The molecule has 0 saturated heterocycles. The number of nitriles is 1. The molecule has 3 N–H and O–H groups in total. The lowest BCUT2D eigenvalue weighted by Gasteiger charge is -2.25. The molecule has 2 aromatic heterocycles. The third-order valence-electron chi connectivity index (χ3n) is 6.63. The standard InChI is InChI=1S/C25H25N5O6S2/c1-27-38(33,34)36-20-9-15(8-19(20)31)30-25-18(12-28-13-29-25)23(32)21-10-17(22(11-26)37-21)24-16-5-3-2-4-14(16)6-7-35-24/h2-5,10,12-13,15,19-20,24,27,31H,6-9H2,1H3,(H,28,29,30)/t15-,19+,20-,24-/m1/s1. The number of carbonyl (C=O) groups is 1. The number of benzene rings is 1. The SMILES string of the molecule is CNS(=O)(=O)O[C@@H]1C[C@H](Nc2ncncc2C(=O)c2cc([C@@H]3OCCc4ccccc43)c(C#N)s2)C[C@@H]1O. The van der Waals surface area contributed by atoms with E-state index in [0.29, 0.717) is 21.9 Å². The first kappa shape index (κ1) is 26.4. The van der Waals surface area contributed by atoms with Crippen LogP contribution in [0.1, 0.15) is 55.7 Å². The average Bonchev–Trinajstić information content (AvgIpc) is 3.51. The minimum atomic E-state index is -3.97. The van der Waals surface area contributed by atoms with E-state index in [0.717, 1.165) is 28.9 Å². The molecule has 13 heteroatoms. The second-order valence-corrected chi connectivity index (χ2v) is 11.6. The zero-order chi connectivity index (χ0) is 26.9. The van der Waals surface area contributed by atoms with Gasteiger partial charge in [0.2, 0.25) is 5.78 Å². The molecule has 1 aromatic carbocycles. The summed E-state index contributed by atoms with van der Waals surface area (Å²) in [5.41, 5.74) is 2.97. The van der Waals surface area contributed by atoms with Gasteiger partial charge in [-0.15, -0.1) is 11.3 Å². The number of carbonyl (C=O) groups excluding carboxylic acids is 1. The van der Waals surface area contributed by atoms with Crippen molar-refractivity contribution in [2.75, 3.05) is 19.0 Å². The third kappa shape index (κ3) is 5.32. The lowest BCUT2D eigenvalue weighted by atomic mass is 9.93. The predicted molar refractivity (Wildman–Crippen MR) is 138 cm³/mol. The molecule has 3 heterocycles. The number of aliphatic hydroxyl groups excluding tert-OH is 1. The van der Waals surface area contributed by atoms with E-state index < -0.39 is 34.7 Å². The summed E-state index contributed by atoms with van der Waals surface area (Å²) in [6, 6.07) is 11.4. The van der Waals surface area contributed by atoms with Crippen LogP contribution in [0.4, 0.5) is 5.82 Å². The predicted octanol–water partition coefficient (Wildman–Crippen LogP) is 2.09. The van der Waals surface area contributed by atoms with Gasteiger partial charge in [-0.2, -0.15) is 18.4 Å². The number of nitrogens with zero attached hydrogens (tertiary/aromatic N) is 3. The number of hydrogen-bond acceptors (Lipinski definition) is 11.